The second-order valence-electron chi connectivity index (χ2n) is 6.32. The largest absolute Gasteiger partial charge is 0.332 e. The summed E-state index contributed by atoms with van der Waals surface area (Å²) in [5.41, 5.74) is 2.43. The number of anilines is 1. The van der Waals surface area contributed by atoms with Gasteiger partial charge in [0.05, 0.1) is 5.52 Å². The zero-order chi connectivity index (χ0) is 17.5. The van der Waals surface area contributed by atoms with Crippen molar-refractivity contribution in [1.82, 2.24) is 20.3 Å². The average molecular weight is 345 g/mol. The van der Waals surface area contributed by atoms with Gasteiger partial charge in [0.15, 0.2) is 11.5 Å². The molecular weight excluding hydrogens is 330 g/mol. The minimum atomic E-state index is -0.0922. The number of hydrogen-bond donors (Lipinski definition) is 1. The van der Waals surface area contributed by atoms with E-state index in [1.165, 1.54) is 0 Å². The van der Waals surface area contributed by atoms with Gasteiger partial charge in [0.25, 0.3) is 5.89 Å². The summed E-state index contributed by atoms with van der Waals surface area (Å²) in [7, 11) is 0. The molecule has 0 aliphatic carbocycles. The first-order chi connectivity index (χ1) is 12.8. The standard InChI is InChI=1S/C19H15N5O2/c25-16-10-12(11-24(16)13-6-2-1-3-7-13)18-20-19(26-23-18)17-14-8-4-5-9-15(14)21-22-17/h1-9,12H,10-11H2,(H,21,22)/t12-/m1/s1. The highest BCUT2D eigenvalue weighted by atomic mass is 16.5. The summed E-state index contributed by atoms with van der Waals surface area (Å²) in [6.07, 6.45) is 0.370. The maximum Gasteiger partial charge on any atom is 0.279 e. The van der Waals surface area contributed by atoms with Crippen molar-refractivity contribution in [2.24, 2.45) is 0 Å². The highest BCUT2D eigenvalue weighted by Crippen LogP contribution is 2.32. The Morgan fingerprint density at radius 1 is 1.08 bits per heavy atom. The molecule has 4 aromatic rings. The van der Waals surface area contributed by atoms with Crippen LogP contribution < -0.4 is 4.90 Å². The molecule has 3 heterocycles. The van der Waals surface area contributed by atoms with Crippen LogP contribution in [0, 0.1) is 0 Å². The van der Waals surface area contributed by atoms with E-state index in [2.05, 4.69) is 20.3 Å². The van der Waals surface area contributed by atoms with E-state index >= 15 is 0 Å². The van der Waals surface area contributed by atoms with Crippen molar-refractivity contribution >= 4 is 22.5 Å². The van der Waals surface area contributed by atoms with Crippen LogP contribution in [0.5, 0.6) is 0 Å². The third-order valence-corrected chi connectivity index (χ3v) is 4.67. The number of hydrogen-bond acceptors (Lipinski definition) is 5. The number of rotatable bonds is 3. The smallest absolute Gasteiger partial charge is 0.279 e. The molecule has 1 N–H and O–H groups in total. The molecule has 0 saturated carbocycles. The molecule has 0 radical (unpaired) electrons. The molecule has 5 rings (SSSR count). The Hall–Kier alpha value is -3.48. The highest BCUT2D eigenvalue weighted by Gasteiger charge is 2.34. The Morgan fingerprint density at radius 3 is 2.77 bits per heavy atom. The summed E-state index contributed by atoms with van der Waals surface area (Å²) in [5, 5.41) is 12.3. The molecule has 1 fully saturated rings. The first-order valence-electron chi connectivity index (χ1n) is 8.42. The van der Waals surface area contributed by atoms with Crippen molar-refractivity contribution in [1.29, 1.82) is 0 Å². The van der Waals surface area contributed by atoms with Crippen molar-refractivity contribution in [3.8, 4) is 11.6 Å². The number of H-pyrrole nitrogens is 1. The maximum absolute atomic E-state index is 12.4. The van der Waals surface area contributed by atoms with Crippen LogP contribution in [-0.2, 0) is 4.79 Å². The van der Waals surface area contributed by atoms with Gasteiger partial charge in [-0.3, -0.25) is 9.89 Å². The molecule has 1 saturated heterocycles. The molecule has 7 nitrogen and oxygen atoms in total. The van der Waals surface area contributed by atoms with Gasteiger partial charge in [0.2, 0.25) is 5.91 Å². The minimum absolute atomic E-state index is 0.0674. The summed E-state index contributed by atoms with van der Waals surface area (Å²) < 4.78 is 5.43. The van der Waals surface area contributed by atoms with Crippen LogP contribution >= 0.6 is 0 Å². The zero-order valence-corrected chi connectivity index (χ0v) is 13.8. The summed E-state index contributed by atoms with van der Waals surface area (Å²) in [6, 6.07) is 17.4. The van der Waals surface area contributed by atoms with E-state index in [9.17, 15) is 4.79 Å². The zero-order valence-electron chi connectivity index (χ0n) is 13.8. The van der Waals surface area contributed by atoms with E-state index in [1.54, 1.807) is 4.90 Å². The number of carbonyl (C=O) groups excluding carboxylic acids is 1. The van der Waals surface area contributed by atoms with Gasteiger partial charge in [-0.25, -0.2) is 0 Å². The molecule has 128 valence electrons. The van der Waals surface area contributed by atoms with Crippen molar-refractivity contribution in [2.45, 2.75) is 12.3 Å². The Balaban J connectivity index is 1.43. The molecule has 1 aliphatic rings. The monoisotopic (exact) mass is 345 g/mol. The van der Waals surface area contributed by atoms with Crippen LogP contribution in [0.1, 0.15) is 18.2 Å². The van der Waals surface area contributed by atoms with Crippen LogP contribution in [0.25, 0.3) is 22.5 Å². The molecule has 7 heteroatoms. The first-order valence-corrected chi connectivity index (χ1v) is 8.42. The molecule has 1 atom stereocenters. The summed E-state index contributed by atoms with van der Waals surface area (Å²) in [6.45, 7) is 0.545. The molecule has 2 aromatic heterocycles. The first kappa shape index (κ1) is 14.8. The number of benzene rings is 2. The van der Waals surface area contributed by atoms with Gasteiger partial charge in [0, 0.05) is 30.0 Å². The van der Waals surface area contributed by atoms with Gasteiger partial charge in [-0.1, -0.05) is 41.6 Å². The van der Waals surface area contributed by atoms with E-state index in [4.69, 9.17) is 4.52 Å². The molecule has 0 spiro atoms. The van der Waals surface area contributed by atoms with Crippen molar-refractivity contribution in [2.75, 3.05) is 11.4 Å². The molecule has 1 aliphatic heterocycles. The molecular formula is C19H15N5O2. The second-order valence-corrected chi connectivity index (χ2v) is 6.32. The summed E-state index contributed by atoms with van der Waals surface area (Å²) in [4.78, 5) is 18.7. The van der Waals surface area contributed by atoms with Crippen LogP contribution in [-0.4, -0.2) is 32.8 Å². The summed E-state index contributed by atoms with van der Waals surface area (Å²) >= 11 is 0. The Bertz CT molecular complexity index is 1090. The van der Waals surface area contributed by atoms with Gasteiger partial charge in [-0.2, -0.15) is 10.1 Å². The van der Waals surface area contributed by atoms with Gasteiger partial charge in [-0.05, 0) is 18.2 Å². The quantitative estimate of drug-likeness (QED) is 0.616. The summed E-state index contributed by atoms with van der Waals surface area (Å²) in [5.74, 6) is 0.880. The topological polar surface area (TPSA) is 87.9 Å². The number of para-hydroxylation sites is 2. The van der Waals surface area contributed by atoms with Gasteiger partial charge < -0.3 is 9.42 Å². The lowest BCUT2D eigenvalue weighted by Gasteiger charge is -2.15. The lowest BCUT2D eigenvalue weighted by molar-refractivity contribution is -0.117. The average Bonchev–Trinajstić information content (AvgIpc) is 3.39. The van der Waals surface area contributed by atoms with Crippen molar-refractivity contribution in [3.05, 3.63) is 60.4 Å². The highest BCUT2D eigenvalue weighted by molar-refractivity contribution is 5.96. The van der Waals surface area contributed by atoms with E-state index < -0.39 is 0 Å². The fourth-order valence-electron chi connectivity index (χ4n) is 3.36. The molecule has 26 heavy (non-hydrogen) atoms. The third-order valence-electron chi connectivity index (χ3n) is 4.67. The normalized spacial score (nSPS) is 17.3. The fourth-order valence-corrected chi connectivity index (χ4v) is 3.36. The Kier molecular flexibility index (Phi) is 3.31. The third kappa shape index (κ3) is 2.36. The van der Waals surface area contributed by atoms with E-state index in [0.717, 1.165) is 16.6 Å². The number of carbonyl (C=O) groups is 1. The van der Waals surface area contributed by atoms with Crippen LogP contribution in [0.2, 0.25) is 0 Å². The lowest BCUT2D eigenvalue weighted by atomic mass is 10.1. The Labute approximate surface area is 148 Å². The number of aromatic nitrogens is 4. The SMILES string of the molecule is O=C1C[C@@H](c2noc(-c3n[nH]c4ccccc34)n2)CN1c1ccccc1. The van der Waals surface area contributed by atoms with E-state index in [0.29, 0.717) is 30.4 Å². The maximum atomic E-state index is 12.4. The van der Waals surface area contributed by atoms with E-state index in [1.807, 2.05) is 54.6 Å². The number of aromatic amines is 1. The number of nitrogens with one attached hydrogen (secondary N) is 1. The molecule has 0 unspecified atom stereocenters. The molecule has 2 aromatic carbocycles. The number of nitrogens with zero attached hydrogens (tertiary/aromatic N) is 4. The minimum Gasteiger partial charge on any atom is -0.332 e. The van der Waals surface area contributed by atoms with E-state index in [-0.39, 0.29) is 11.8 Å². The predicted molar refractivity (Wildman–Crippen MR) is 95.5 cm³/mol. The van der Waals surface area contributed by atoms with Gasteiger partial charge >= 0.3 is 0 Å². The fraction of sp³-hybridized carbons (Fsp3) is 0.158. The van der Waals surface area contributed by atoms with Crippen molar-refractivity contribution < 1.29 is 9.32 Å². The van der Waals surface area contributed by atoms with Gasteiger partial charge in [0.1, 0.15) is 0 Å². The van der Waals surface area contributed by atoms with Crippen LogP contribution in [0.15, 0.2) is 59.1 Å². The number of fused-ring (bicyclic) bond motifs is 1. The number of amides is 1. The van der Waals surface area contributed by atoms with Crippen LogP contribution in [0.3, 0.4) is 0 Å². The van der Waals surface area contributed by atoms with Crippen LogP contribution in [0.4, 0.5) is 5.69 Å². The predicted octanol–water partition coefficient (Wildman–Crippen LogP) is 3.13. The second kappa shape index (κ2) is 5.80. The van der Waals surface area contributed by atoms with Gasteiger partial charge in [-0.15, -0.1) is 0 Å². The van der Waals surface area contributed by atoms with Crippen molar-refractivity contribution in [3.63, 3.8) is 0 Å². The molecule has 0 bridgehead atoms. The lowest BCUT2D eigenvalue weighted by Crippen LogP contribution is -2.24. The molecule has 1 amide bonds. The Morgan fingerprint density at radius 2 is 1.88 bits per heavy atom.